The standard InChI is InChI=1S/C16H26O7/c1-6-7-10(17)19-12-11(9-8-18-15(2,3)21-9)20-14-13(12)22-16(4,5)23-14/h9,11-14H,6-8H2,1-5H3/t9-,11+,12+,13+,14-/m0/s1. The molecule has 0 aromatic rings. The number of fused-ring (bicyclic) bond motifs is 1. The van der Waals surface area contributed by atoms with Crippen LogP contribution in [-0.2, 0) is 33.2 Å². The van der Waals surface area contributed by atoms with Crippen molar-refractivity contribution in [3.63, 3.8) is 0 Å². The molecule has 3 heterocycles. The molecule has 132 valence electrons. The maximum Gasteiger partial charge on any atom is 0.306 e. The lowest BCUT2D eigenvalue weighted by Crippen LogP contribution is -2.45. The average molecular weight is 330 g/mol. The molecule has 0 aromatic heterocycles. The third-order valence-corrected chi connectivity index (χ3v) is 4.15. The summed E-state index contributed by atoms with van der Waals surface area (Å²) in [5.41, 5.74) is 0. The Morgan fingerprint density at radius 1 is 1.09 bits per heavy atom. The van der Waals surface area contributed by atoms with Crippen LogP contribution in [0, 0.1) is 0 Å². The smallest absolute Gasteiger partial charge is 0.306 e. The highest BCUT2D eigenvalue weighted by Gasteiger charge is 2.59. The molecule has 0 bridgehead atoms. The molecule has 0 spiro atoms. The Labute approximate surface area is 136 Å². The van der Waals surface area contributed by atoms with Gasteiger partial charge in [-0.3, -0.25) is 4.79 Å². The number of rotatable bonds is 4. The van der Waals surface area contributed by atoms with Crippen LogP contribution in [0.15, 0.2) is 0 Å². The Bertz CT molecular complexity index is 461. The van der Waals surface area contributed by atoms with E-state index in [0.717, 1.165) is 6.42 Å². The zero-order valence-corrected chi connectivity index (χ0v) is 14.4. The lowest BCUT2D eigenvalue weighted by Gasteiger charge is -2.28. The predicted octanol–water partition coefficient (Wildman–Crippen LogP) is 1.73. The van der Waals surface area contributed by atoms with E-state index in [2.05, 4.69) is 0 Å². The van der Waals surface area contributed by atoms with E-state index >= 15 is 0 Å². The molecular formula is C16H26O7. The summed E-state index contributed by atoms with van der Waals surface area (Å²) in [5, 5.41) is 0. The van der Waals surface area contributed by atoms with Crippen molar-refractivity contribution >= 4 is 5.97 Å². The Morgan fingerprint density at radius 2 is 1.83 bits per heavy atom. The van der Waals surface area contributed by atoms with Gasteiger partial charge in [-0.1, -0.05) is 6.92 Å². The number of hydrogen-bond donors (Lipinski definition) is 0. The normalized spacial score (nSPS) is 41.0. The van der Waals surface area contributed by atoms with Crippen molar-refractivity contribution in [1.29, 1.82) is 0 Å². The van der Waals surface area contributed by atoms with E-state index < -0.39 is 36.2 Å². The van der Waals surface area contributed by atoms with E-state index in [4.69, 9.17) is 28.4 Å². The van der Waals surface area contributed by atoms with Gasteiger partial charge >= 0.3 is 5.97 Å². The zero-order valence-electron chi connectivity index (χ0n) is 14.4. The molecule has 7 nitrogen and oxygen atoms in total. The lowest BCUT2D eigenvalue weighted by atomic mass is 10.1. The fourth-order valence-corrected chi connectivity index (χ4v) is 3.23. The van der Waals surface area contributed by atoms with Gasteiger partial charge in [0.15, 0.2) is 30.1 Å². The van der Waals surface area contributed by atoms with E-state index in [-0.39, 0.29) is 12.1 Å². The van der Waals surface area contributed by atoms with Crippen molar-refractivity contribution in [2.45, 2.75) is 89.7 Å². The van der Waals surface area contributed by atoms with Crippen LogP contribution in [0.25, 0.3) is 0 Å². The van der Waals surface area contributed by atoms with Gasteiger partial charge in [0.1, 0.15) is 12.2 Å². The summed E-state index contributed by atoms with van der Waals surface area (Å²) in [6.45, 7) is 9.62. The van der Waals surface area contributed by atoms with E-state index in [1.807, 2.05) is 34.6 Å². The maximum atomic E-state index is 12.0. The molecule has 0 aliphatic carbocycles. The molecule has 23 heavy (non-hydrogen) atoms. The molecule has 0 radical (unpaired) electrons. The summed E-state index contributed by atoms with van der Waals surface area (Å²) in [4.78, 5) is 12.0. The van der Waals surface area contributed by atoms with Crippen LogP contribution in [0.4, 0.5) is 0 Å². The molecule has 3 rings (SSSR count). The minimum absolute atomic E-state index is 0.266. The van der Waals surface area contributed by atoms with Crippen LogP contribution in [0.2, 0.25) is 0 Å². The van der Waals surface area contributed by atoms with Gasteiger partial charge in [-0.05, 0) is 34.1 Å². The molecule has 0 amide bonds. The van der Waals surface area contributed by atoms with Gasteiger partial charge in [0.2, 0.25) is 0 Å². The fraction of sp³-hybridized carbons (Fsp3) is 0.938. The van der Waals surface area contributed by atoms with E-state index in [1.165, 1.54) is 0 Å². The summed E-state index contributed by atoms with van der Waals surface area (Å²) >= 11 is 0. The van der Waals surface area contributed by atoms with Crippen LogP contribution in [0.1, 0.15) is 47.5 Å². The predicted molar refractivity (Wildman–Crippen MR) is 78.4 cm³/mol. The van der Waals surface area contributed by atoms with Gasteiger partial charge in [0, 0.05) is 6.42 Å². The minimum atomic E-state index is -0.762. The third kappa shape index (κ3) is 3.53. The molecule has 5 atom stereocenters. The fourth-order valence-electron chi connectivity index (χ4n) is 3.23. The second kappa shape index (κ2) is 5.97. The van der Waals surface area contributed by atoms with Crippen LogP contribution in [-0.4, -0.2) is 54.9 Å². The van der Waals surface area contributed by atoms with Crippen LogP contribution in [0.3, 0.4) is 0 Å². The molecule has 7 heteroatoms. The summed E-state index contributed by atoms with van der Waals surface area (Å²) in [7, 11) is 0. The summed E-state index contributed by atoms with van der Waals surface area (Å²) in [5.74, 6) is -1.70. The molecular weight excluding hydrogens is 304 g/mol. The first-order valence-electron chi connectivity index (χ1n) is 8.23. The lowest BCUT2D eigenvalue weighted by molar-refractivity contribution is -0.235. The Hall–Kier alpha value is -0.730. The Kier molecular flexibility index (Phi) is 4.44. The van der Waals surface area contributed by atoms with Gasteiger partial charge in [-0.25, -0.2) is 0 Å². The number of hydrogen-bond acceptors (Lipinski definition) is 7. The highest BCUT2D eigenvalue weighted by molar-refractivity contribution is 5.69. The SMILES string of the molecule is CCCC(=O)O[C@H]1[C@H]2OC(C)(C)O[C@@H]2O[C@@H]1[C@@H]1COC(C)(C)O1. The number of carbonyl (C=O) groups excluding carboxylic acids is 1. The van der Waals surface area contributed by atoms with Gasteiger partial charge in [-0.2, -0.15) is 0 Å². The number of ether oxygens (including phenoxy) is 6. The van der Waals surface area contributed by atoms with Gasteiger partial charge in [-0.15, -0.1) is 0 Å². The topological polar surface area (TPSA) is 72.5 Å². The molecule has 0 unspecified atom stereocenters. The molecule has 0 N–H and O–H groups in total. The Balaban J connectivity index is 1.75. The third-order valence-electron chi connectivity index (χ3n) is 4.15. The maximum absolute atomic E-state index is 12.0. The first-order valence-corrected chi connectivity index (χ1v) is 8.23. The second-order valence-corrected chi connectivity index (χ2v) is 7.14. The van der Waals surface area contributed by atoms with E-state index in [9.17, 15) is 4.79 Å². The molecule has 3 fully saturated rings. The molecule has 3 aliphatic rings. The van der Waals surface area contributed by atoms with Crippen molar-refractivity contribution in [2.24, 2.45) is 0 Å². The Morgan fingerprint density at radius 3 is 2.43 bits per heavy atom. The van der Waals surface area contributed by atoms with Gasteiger partial charge < -0.3 is 28.4 Å². The summed E-state index contributed by atoms with van der Waals surface area (Å²) in [6.07, 6.45) is -1.30. The van der Waals surface area contributed by atoms with Crippen LogP contribution < -0.4 is 0 Å². The van der Waals surface area contributed by atoms with Crippen molar-refractivity contribution in [2.75, 3.05) is 6.61 Å². The van der Waals surface area contributed by atoms with E-state index in [1.54, 1.807) is 0 Å². The molecule has 3 aliphatic heterocycles. The zero-order chi connectivity index (χ0) is 16.8. The summed E-state index contributed by atoms with van der Waals surface area (Å²) in [6, 6.07) is 0. The summed E-state index contributed by atoms with van der Waals surface area (Å²) < 4.78 is 34.7. The highest BCUT2D eigenvalue weighted by Crippen LogP contribution is 2.42. The molecule has 0 aromatic carbocycles. The minimum Gasteiger partial charge on any atom is -0.456 e. The van der Waals surface area contributed by atoms with Crippen LogP contribution in [0.5, 0.6) is 0 Å². The first-order chi connectivity index (χ1) is 10.7. The first kappa shape index (κ1) is 17.1. The molecule has 3 saturated heterocycles. The van der Waals surface area contributed by atoms with Gasteiger partial charge in [0.05, 0.1) is 6.61 Å². The largest absolute Gasteiger partial charge is 0.456 e. The van der Waals surface area contributed by atoms with Crippen molar-refractivity contribution in [1.82, 2.24) is 0 Å². The van der Waals surface area contributed by atoms with Crippen molar-refractivity contribution < 1.29 is 33.2 Å². The highest BCUT2D eigenvalue weighted by atomic mass is 16.8. The van der Waals surface area contributed by atoms with Crippen molar-refractivity contribution in [3.8, 4) is 0 Å². The average Bonchev–Trinajstić information content (AvgIpc) is 3.01. The monoisotopic (exact) mass is 330 g/mol. The van der Waals surface area contributed by atoms with Crippen LogP contribution >= 0.6 is 0 Å². The number of esters is 1. The van der Waals surface area contributed by atoms with Gasteiger partial charge in [0.25, 0.3) is 0 Å². The molecule has 0 saturated carbocycles. The quantitative estimate of drug-likeness (QED) is 0.727. The van der Waals surface area contributed by atoms with Crippen molar-refractivity contribution in [3.05, 3.63) is 0 Å². The van der Waals surface area contributed by atoms with E-state index in [0.29, 0.717) is 13.0 Å². The number of carbonyl (C=O) groups is 1. The second-order valence-electron chi connectivity index (χ2n) is 7.14.